The maximum atomic E-state index is 6.05. The van der Waals surface area contributed by atoms with Crippen molar-refractivity contribution in [2.75, 3.05) is 23.4 Å². The number of hydrogen-bond acceptors (Lipinski definition) is 5. The van der Waals surface area contributed by atoms with Gasteiger partial charge in [0.25, 0.3) is 0 Å². The third-order valence-corrected chi connectivity index (χ3v) is 5.37. The summed E-state index contributed by atoms with van der Waals surface area (Å²) in [7, 11) is 0. The molecule has 1 N–H and O–H groups in total. The van der Waals surface area contributed by atoms with Gasteiger partial charge in [0, 0.05) is 34.7 Å². The fraction of sp³-hybridized carbons (Fsp3) is 0.160. The Balaban J connectivity index is 1.58. The minimum atomic E-state index is 0.444. The fourth-order valence-corrected chi connectivity index (χ4v) is 3.60. The number of para-hydroxylation sites is 1. The molecule has 6 heteroatoms. The van der Waals surface area contributed by atoms with Gasteiger partial charge >= 0.3 is 0 Å². The number of fused-ring (bicyclic) bond motifs is 1. The van der Waals surface area contributed by atoms with Gasteiger partial charge in [0.2, 0.25) is 5.95 Å². The van der Waals surface area contributed by atoms with Crippen molar-refractivity contribution in [3.05, 3.63) is 83.4 Å². The Morgan fingerprint density at radius 1 is 0.903 bits per heavy atom. The molecule has 4 aromatic rings. The zero-order chi connectivity index (χ0) is 21.6. The molecule has 4 rings (SSSR count). The average Bonchev–Trinajstić information content (AvgIpc) is 2.81. The highest BCUT2D eigenvalue weighted by molar-refractivity contribution is 6.30. The molecule has 0 atom stereocenters. The molecule has 3 aromatic carbocycles. The lowest BCUT2D eigenvalue weighted by Crippen LogP contribution is -2.21. The Labute approximate surface area is 187 Å². The molecule has 0 amide bonds. The first-order valence-electron chi connectivity index (χ1n) is 10.3. The summed E-state index contributed by atoms with van der Waals surface area (Å²) in [4.78, 5) is 11.6. The zero-order valence-electron chi connectivity index (χ0n) is 17.6. The van der Waals surface area contributed by atoms with Crippen molar-refractivity contribution in [2.24, 2.45) is 5.10 Å². The van der Waals surface area contributed by atoms with Crippen LogP contribution in [0.4, 0.5) is 11.6 Å². The number of hydrogen-bond donors (Lipinski definition) is 1. The first-order chi connectivity index (χ1) is 15.2. The van der Waals surface area contributed by atoms with E-state index in [2.05, 4.69) is 58.5 Å². The van der Waals surface area contributed by atoms with Gasteiger partial charge in [-0.15, -0.1) is 0 Å². The van der Waals surface area contributed by atoms with Gasteiger partial charge in [0.1, 0.15) is 0 Å². The predicted octanol–water partition coefficient (Wildman–Crippen LogP) is 6.24. The summed E-state index contributed by atoms with van der Waals surface area (Å²) in [5.74, 6) is 0.444. The lowest BCUT2D eigenvalue weighted by Gasteiger charge is -2.20. The highest BCUT2D eigenvalue weighted by Crippen LogP contribution is 2.28. The molecule has 31 heavy (non-hydrogen) atoms. The highest BCUT2D eigenvalue weighted by Gasteiger charge is 2.09. The molecule has 5 nitrogen and oxygen atoms in total. The topological polar surface area (TPSA) is 53.4 Å². The quantitative estimate of drug-likeness (QED) is 0.279. The second-order valence-electron chi connectivity index (χ2n) is 7.05. The van der Waals surface area contributed by atoms with Crippen LogP contribution >= 0.6 is 11.6 Å². The monoisotopic (exact) mass is 429 g/mol. The molecule has 0 saturated carbocycles. The van der Waals surface area contributed by atoms with E-state index in [-0.39, 0.29) is 0 Å². The summed E-state index contributed by atoms with van der Waals surface area (Å²) in [6.45, 7) is 6.29. The first kappa shape index (κ1) is 20.8. The van der Waals surface area contributed by atoms with Crippen molar-refractivity contribution in [3.8, 4) is 11.3 Å². The summed E-state index contributed by atoms with van der Waals surface area (Å²) >= 11 is 6.05. The molecule has 0 aliphatic rings. The SMILES string of the molecule is CCN(CC)c1ccc(/C=N/Nc2nc(-c3ccc(Cl)cc3)c3ccccc3n2)cc1. The molecular formula is C25H24ClN5. The van der Waals surface area contributed by atoms with Crippen molar-refractivity contribution >= 4 is 40.4 Å². The van der Waals surface area contributed by atoms with Gasteiger partial charge in [-0.3, -0.25) is 0 Å². The second kappa shape index (κ2) is 9.58. The predicted molar refractivity (Wildman–Crippen MR) is 131 cm³/mol. The Bertz CT molecular complexity index is 1180. The minimum absolute atomic E-state index is 0.444. The van der Waals surface area contributed by atoms with E-state index < -0.39 is 0 Å². The number of nitrogens with one attached hydrogen (secondary N) is 1. The Morgan fingerprint density at radius 2 is 1.61 bits per heavy atom. The summed E-state index contributed by atoms with van der Waals surface area (Å²) < 4.78 is 0. The highest BCUT2D eigenvalue weighted by atomic mass is 35.5. The van der Waals surface area contributed by atoms with Crippen LogP contribution in [0.25, 0.3) is 22.2 Å². The molecule has 0 radical (unpaired) electrons. The van der Waals surface area contributed by atoms with E-state index in [0.29, 0.717) is 11.0 Å². The Morgan fingerprint density at radius 3 is 2.32 bits per heavy atom. The van der Waals surface area contributed by atoms with E-state index in [1.54, 1.807) is 6.21 Å². The molecule has 0 bridgehead atoms. The van der Waals surface area contributed by atoms with Gasteiger partial charge < -0.3 is 4.90 Å². The maximum Gasteiger partial charge on any atom is 0.244 e. The van der Waals surface area contributed by atoms with Crippen molar-refractivity contribution < 1.29 is 0 Å². The number of halogens is 1. The van der Waals surface area contributed by atoms with Gasteiger partial charge in [-0.25, -0.2) is 15.4 Å². The van der Waals surface area contributed by atoms with E-state index in [4.69, 9.17) is 16.6 Å². The van der Waals surface area contributed by atoms with Crippen LogP contribution in [0.3, 0.4) is 0 Å². The van der Waals surface area contributed by atoms with Crippen LogP contribution in [0.15, 0.2) is 77.9 Å². The number of anilines is 2. The molecule has 0 spiro atoms. The molecule has 0 unspecified atom stereocenters. The summed E-state index contributed by atoms with van der Waals surface area (Å²) in [5.41, 5.74) is 7.85. The van der Waals surface area contributed by atoms with Crippen molar-refractivity contribution in [1.29, 1.82) is 0 Å². The molecule has 0 aliphatic heterocycles. The fourth-order valence-electron chi connectivity index (χ4n) is 3.48. The van der Waals surface area contributed by atoms with Gasteiger partial charge in [-0.2, -0.15) is 5.10 Å². The number of nitrogens with zero attached hydrogens (tertiary/aromatic N) is 4. The van der Waals surface area contributed by atoms with Crippen LogP contribution in [0.1, 0.15) is 19.4 Å². The number of rotatable bonds is 7. The molecule has 0 fully saturated rings. The van der Waals surface area contributed by atoms with Crippen LogP contribution in [-0.4, -0.2) is 29.3 Å². The second-order valence-corrected chi connectivity index (χ2v) is 7.49. The minimum Gasteiger partial charge on any atom is -0.372 e. The zero-order valence-corrected chi connectivity index (χ0v) is 18.3. The van der Waals surface area contributed by atoms with E-state index in [1.165, 1.54) is 5.69 Å². The van der Waals surface area contributed by atoms with Crippen LogP contribution in [0, 0.1) is 0 Å². The number of hydrazone groups is 1. The molecule has 1 aromatic heterocycles. The first-order valence-corrected chi connectivity index (χ1v) is 10.7. The van der Waals surface area contributed by atoms with Crippen LogP contribution < -0.4 is 10.3 Å². The maximum absolute atomic E-state index is 6.05. The third kappa shape index (κ3) is 4.84. The smallest absolute Gasteiger partial charge is 0.244 e. The van der Waals surface area contributed by atoms with E-state index in [0.717, 1.165) is 40.8 Å². The van der Waals surface area contributed by atoms with Crippen LogP contribution in [0.2, 0.25) is 5.02 Å². The molecule has 0 aliphatic carbocycles. The lowest BCUT2D eigenvalue weighted by atomic mass is 10.1. The van der Waals surface area contributed by atoms with Crippen LogP contribution in [-0.2, 0) is 0 Å². The van der Waals surface area contributed by atoms with E-state index in [9.17, 15) is 0 Å². The third-order valence-electron chi connectivity index (χ3n) is 5.12. The Kier molecular flexibility index (Phi) is 6.43. The van der Waals surface area contributed by atoms with Crippen molar-refractivity contribution in [3.63, 3.8) is 0 Å². The molecule has 156 valence electrons. The molecule has 1 heterocycles. The van der Waals surface area contributed by atoms with Crippen molar-refractivity contribution in [2.45, 2.75) is 13.8 Å². The molecular weight excluding hydrogens is 406 g/mol. The van der Waals surface area contributed by atoms with E-state index in [1.807, 2.05) is 48.5 Å². The van der Waals surface area contributed by atoms with Gasteiger partial charge in [0.15, 0.2) is 0 Å². The largest absolute Gasteiger partial charge is 0.372 e. The average molecular weight is 430 g/mol. The van der Waals surface area contributed by atoms with E-state index >= 15 is 0 Å². The van der Waals surface area contributed by atoms with Crippen LogP contribution in [0.5, 0.6) is 0 Å². The standard InChI is InChI=1S/C25H24ClN5/c1-3-31(4-2)21-15-9-18(10-16-21)17-27-30-25-28-23-8-6-5-7-22(23)24(29-25)19-11-13-20(26)14-12-19/h5-17H,3-4H2,1-2H3,(H,28,29,30)/b27-17+. The molecule has 0 saturated heterocycles. The number of benzene rings is 3. The van der Waals surface area contributed by atoms with Gasteiger partial charge in [-0.1, -0.05) is 54.1 Å². The summed E-state index contributed by atoms with van der Waals surface area (Å²) in [6.07, 6.45) is 1.77. The van der Waals surface area contributed by atoms with Crippen molar-refractivity contribution in [1.82, 2.24) is 9.97 Å². The van der Waals surface area contributed by atoms with Gasteiger partial charge in [0.05, 0.1) is 17.4 Å². The summed E-state index contributed by atoms with van der Waals surface area (Å²) in [6, 6.07) is 23.9. The number of aromatic nitrogens is 2. The normalized spacial score (nSPS) is 11.2. The summed E-state index contributed by atoms with van der Waals surface area (Å²) in [5, 5.41) is 6.02. The lowest BCUT2D eigenvalue weighted by molar-refractivity contribution is 0.866. The van der Waals surface area contributed by atoms with Gasteiger partial charge in [-0.05, 0) is 49.7 Å². The Hall–Kier alpha value is -3.44.